The summed E-state index contributed by atoms with van der Waals surface area (Å²) in [6.45, 7) is 0. The molecule has 2 rings (SSSR count). The third kappa shape index (κ3) is 2.52. The van der Waals surface area contributed by atoms with E-state index in [1.165, 1.54) is 20.3 Å². The molecule has 0 saturated heterocycles. The summed E-state index contributed by atoms with van der Waals surface area (Å²) in [7, 11) is 3.00. The Morgan fingerprint density at radius 2 is 2.00 bits per heavy atom. The van der Waals surface area contributed by atoms with Crippen molar-refractivity contribution in [3.63, 3.8) is 0 Å². The molecule has 0 spiro atoms. The van der Waals surface area contributed by atoms with Crippen molar-refractivity contribution in [2.24, 2.45) is 0 Å². The predicted molar refractivity (Wildman–Crippen MR) is 69.0 cm³/mol. The Kier molecular flexibility index (Phi) is 3.41. The molecule has 2 N–H and O–H groups in total. The first-order valence-electron chi connectivity index (χ1n) is 5.55. The van der Waals surface area contributed by atoms with E-state index in [1.54, 1.807) is 12.1 Å². The standard InChI is InChI=1S/C13H13NO5/c1-18-9-4-7-3-8(5-11(15)16)13(17)14-12(7)10(6-9)19-2/h3-4,6H,5H2,1-2H3,(H,14,17)(H,15,16). The molecule has 0 aliphatic rings. The summed E-state index contributed by atoms with van der Waals surface area (Å²) in [6, 6.07) is 4.89. The van der Waals surface area contributed by atoms with E-state index in [0.717, 1.165) is 0 Å². The molecule has 0 amide bonds. The summed E-state index contributed by atoms with van der Waals surface area (Å²) < 4.78 is 10.3. The number of carboxylic acids is 1. The van der Waals surface area contributed by atoms with E-state index in [4.69, 9.17) is 14.6 Å². The highest BCUT2D eigenvalue weighted by Crippen LogP contribution is 2.29. The number of benzene rings is 1. The molecule has 1 aromatic heterocycles. The van der Waals surface area contributed by atoms with Crippen molar-refractivity contribution in [2.45, 2.75) is 6.42 Å². The van der Waals surface area contributed by atoms with Crippen molar-refractivity contribution in [1.82, 2.24) is 4.98 Å². The van der Waals surface area contributed by atoms with E-state index < -0.39 is 11.5 Å². The van der Waals surface area contributed by atoms with Gasteiger partial charge >= 0.3 is 5.97 Å². The van der Waals surface area contributed by atoms with Crippen LogP contribution >= 0.6 is 0 Å². The van der Waals surface area contributed by atoms with Gasteiger partial charge in [0, 0.05) is 17.0 Å². The van der Waals surface area contributed by atoms with Gasteiger partial charge in [0.05, 0.1) is 26.2 Å². The molecule has 0 aliphatic heterocycles. The number of aromatic amines is 1. The largest absolute Gasteiger partial charge is 0.497 e. The Labute approximate surface area is 108 Å². The number of aromatic nitrogens is 1. The topological polar surface area (TPSA) is 88.6 Å². The van der Waals surface area contributed by atoms with E-state index in [1.807, 2.05) is 0 Å². The predicted octanol–water partition coefficient (Wildman–Crippen LogP) is 1.17. The number of hydrogen-bond donors (Lipinski definition) is 2. The Morgan fingerprint density at radius 1 is 1.26 bits per heavy atom. The van der Waals surface area contributed by atoms with Gasteiger partial charge in [0.15, 0.2) is 0 Å². The molecule has 0 bridgehead atoms. The highest BCUT2D eigenvalue weighted by Gasteiger charge is 2.11. The Morgan fingerprint density at radius 3 is 2.58 bits per heavy atom. The van der Waals surface area contributed by atoms with Gasteiger partial charge in [-0.3, -0.25) is 9.59 Å². The van der Waals surface area contributed by atoms with Gasteiger partial charge in [0.25, 0.3) is 5.56 Å². The average molecular weight is 263 g/mol. The number of aliphatic carboxylic acids is 1. The van der Waals surface area contributed by atoms with Crippen LogP contribution in [0.5, 0.6) is 11.5 Å². The van der Waals surface area contributed by atoms with Crippen LogP contribution < -0.4 is 15.0 Å². The molecule has 1 aromatic carbocycles. The summed E-state index contributed by atoms with van der Waals surface area (Å²) >= 11 is 0. The molecule has 1 heterocycles. The van der Waals surface area contributed by atoms with Crippen LogP contribution in [0.3, 0.4) is 0 Å². The minimum Gasteiger partial charge on any atom is -0.497 e. The smallest absolute Gasteiger partial charge is 0.308 e. The first kappa shape index (κ1) is 12.9. The van der Waals surface area contributed by atoms with Crippen molar-refractivity contribution in [3.05, 3.63) is 34.1 Å². The third-order valence-electron chi connectivity index (χ3n) is 2.76. The molecular weight excluding hydrogens is 250 g/mol. The first-order valence-corrected chi connectivity index (χ1v) is 5.55. The quantitative estimate of drug-likeness (QED) is 0.864. The van der Waals surface area contributed by atoms with E-state index in [0.29, 0.717) is 22.4 Å². The molecule has 2 aromatic rings. The van der Waals surface area contributed by atoms with Crippen LogP contribution in [0.4, 0.5) is 0 Å². The highest BCUT2D eigenvalue weighted by atomic mass is 16.5. The number of nitrogens with one attached hydrogen (secondary N) is 1. The average Bonchev–Trinajstić information content (AvgIpc) is 2.38. The fourth-order valence-corrected chi connectivity index (χ4v) is 1.88. The lowest BCUT2D eigenvalue weighted by Gasteiger charge is -2.09. The molecule has 0 fully saturated rings. The van der Waals surface area contributed by atoms with Crippen molar-refractivity contribution >= 4 is 16.9 Å². The van der Waals surface area contributed by atoms with Gasteiger partial charge in [-0.1, -0.05) is 0 Å². The zero-order valence-electron chi connectivity index (χ0n) is 10.5. The van der Waals surface area contributed by atoms with Gasteiger partial charge in [-0.05, 0) is 12.1 Å². The minimum absolute atomic E-state index is 0.190. The van der Waals surface area contributed by atoms with Crippen LogP contribution in [-0.2, 0) is 11.2 Å². The fraction of sp³-hybridized carbons (Fsp3) is 0.231. The molecule has 0 aliphatic carbocycles. The molecule has 0 atom stereocenters. The van der Waals surface area contributed by atoms with Gasteiger partial charge < -0.3 is 19.6 Å². The van der Waals surface area contributed by atoms with E-state index in [9.17, 15) is 9.59 Å². The number of methoxy groups -OCH3 is 2. The lowest BCUT2D eigenvalue weighted by atomic mass is 10.1. The number of pyridine rings is 1. The fourth-order valence-electron chi connectivity index (χ4n) is 1.88. The van der Waals surface area contributed by atoms with E-state index in [2.05, 4.69) is 4.98 Å². The number of fused-ring (bicyclic) bond motifs is 1. The Balaban J connectivity index is 2.70. The van der Waals surface area contributed by atoms with Crippen LogP contribution in [0.2, 0.25) is 0 Å². The molecule has 100 valence electrons. The summed E-state index contributed by atoms with van der Waals surface area (Å²) in [5.41, 5.74) is 0.274. The Bertz CT molecular complexity index is 689. The summed E-state index contributed by atoms with van der Waals surface area (Å²) in [6.07, 6.45) is -0.329. The van der Waals surface area contributed by atoms with Crippen LogP contribution in [0, 0.1) is 0 Å². The van der Waals surface area contributed by atoms with Gasteiger partial charge in [0.1, 0.15) is 11.5 Å². The van der Waals surface area contributed by atoms with Crippen LogP contribution in [0.25, 0.3) is 10.9 Å². The van der Waals surface area contributed by atoms with Crippen molar-refractivity contribution < 1.29 is 19.4 Å². The zero-order chi connectivity index (χ0) is 14.0. The molecule has 0 unspecified atom stereocenters. The molecule has 6 heteroatoms. The number of carboxylic acid groups (broad SMARTS) is 1. The van der Waals surface area contributed by atoms with Crippen molar-refractivity contribution in [1.29, 1.82) is 0 Å². The summed E-state index contributed by atoms with van der Waals surface area (Å²) in [5.74, 6) is -0.0225. The summed E-state index contributed by atoms with van der Waals surface area (Å²) in [5, 5.41) is 9.42. The number of H-pyrrole nitrogens is 1. The zero-order valence-corrected chi connectivity index (χ0v) is 10.5. The van der Waals surface area contributed by atoms with E-state index in [-0.39, 0.29) is 12.0 Å². The molecule has 19 heavy (non-hydrogen) atoms. The normalized spacial score (nSPS) is 10.4. The monoisotopic (exact) mass is 263 g/mol. The van der Waals surface area contributed by atoms with Crippen LogP contribution in [-0.4, -0.2) is 30.3 Å². The molecule has 0 saturated carbocycles. The van der Waals surface area contributed by atoms with Gasteiger partial charge in [-0.2, -0.15) is 0 Å². The number of hydrogen-bond acceptors (Lipinski definition) is 4. The van der Waals surface area contributed by atoms with Gasteiger partial charge in [-0.25, -0.2) is 0 Å². The lowest BCUT2D eigenvalue weighted by molar-refractivity contribution is -0.136. The second kappa shape index (κ2) is 5.01. The number of ether oxygens (including phenoxy) is 2. The van der Waals surface area contributed by atoms with Gasteiger partial charge in [-0.15, -0.1) is 0 Å². The second-order valence-electron chi connectivity index (χ2n) is 3.99. The van der Waals surface area contributed by atoms with Crippen LogP contribution in [0.15, 0.2) is 23.0 Å². The first-order chi connectivity index (χ1) is 9.05. The molecule has 6 nitrogen and oxygen atoms in total. The highest BCUT2D eigenvalue weighted by molar-refractivity contribution is 5.87. The van der Waals surface area contributed by atoms with E-state index >= 15 is 0 Å². The molecular formula is C13H13NO5. The third-order valence-corrected chi connectivity index (χ3v) is 2.76. The minimum atomic E-state index is -1.06. The van der Waals surface area contributed by atoms with Crippen molar-refractivity contribution in [2.75, 3.05) is 14.2 Å². The SMILES string of the molecule is COc1cc(OC)c2[nH]c(=O)c(CC(=O)O)cc2c1. The van der Waals surface area contributed by atoms with Crippen molar-refractivity contribution in [3.8, 4) is 11.5 Å². The second-order valence-corrected chi connectivity index (χ2v) is 3.99. The Hall–Kier alpha value is -2.50. The summed E-state index contributed by atoms with van der Waals surface area (Å²) in [4.78, 5) is 25.1. The molecule has 0 radical (unpaired) electrons. The maximum absolute atomic E-state index is 11.8. The lowest BCUT2D eigenvalue weighted by Crippen LogP contribution is -2.16. The van der Waals surface area contributed by atoms with Crippen LogP contribution in [0.1, 0.15) is 5.56 Å². The number of rotatable bonds is 4. The maximum atomic E-state index is 11.8. The van der Waals surface area contributed by atoms with Gasteiger partial charge in [0.2, 0.25) is 0 Å². The maximum Gasteiger partial charge on any atom is 0.308 e. The number of carbonyl (C=O) groups is 1.